The fourth-order valence-corrected chi connectivity index (χ4v) is 4.40. The van der Waals surface area contributed by atoms with E-state index in [1.54, 1.807) is 0 Å². The van der Waals surface area contributed by atoms with Gasteiger partial charge in [0.25, 0.3) is 0 Å². The third kappa shape index (κ3) is 4.28. The fourth-order valence-electron chi connectivity index (χ4n) is 4.40. The molecule has 2 aliphatic rings. The summed E-state index contributed by atoms with van der Waals surface area (Å²) in [6.07, 6.45) is 4.12. The van der Waals surface area contributed by atoms with Crippen LogP contribution in [0.3, 0.4) is 0 Å². The summed E-state index contributed by atoms with van der Waals surface area (Å²) >= 11 is 0. The van der Waals surface area contributed by atoms with Gasteiger partial charge in [-0.25, -0.2) is 4.68 Å². The maximum Gasteiger partial charge on any atom is 0.227 e. The van der Waals surface area contributed by atoms with Crippen molar-refractivity contribution in [3.8, 4) is 5.69 Å². The SMILES string of the molecule is Cc1cc(C)n(-c2ccc(NC(=O)C3CCN(C4CCOCC4)CC3)cc2)n1. The molecule has 2 aliphatic heterocycles. The number of anilines is 1. The summed E-state index contributed by atoms with van der Waals surface area (Å²) < 4.78 is 7.39. The van der Waals surface area contributed by atoms with E-state index in [4.69, 9.17) is 4.74 Å². The predicted octanol–water partition coefficient (Wildman–Crippen LogP) is 3.32. The number of amides is 1. The molecule has 3 heterocycles. The first-order valence-electron chi connectivity index (χ1n) is 10.4. The van der Waals surface area contributed by atoms with Crippen LogP contribution in [-0.4, -0.2) is 52.9 Å². The summed E-state index contributed by atoms with van der Waals surface area (Å²) in [5.74, 6) is 0.247. The molecule has 6 heteroatoms. The van der Waals surface area contributed by atoms with Crippen LogP contribution in [0.2, 0.25) is 0 Å². The summed E-state index contributed by atoms with van der Waals surface area (Å²) in [6.45, 7) is 7.81. The normalized spacial score (nSPS) is 19.6. The number of nitrogens with zero attached hydrogens (tertiary/aromatic N) is 3. The molecule has 0 radical (unpaired) electrons. The second-order valence-corrected chi connectivity index (χ2v) is 8.03. The van der Waals surface area contributed by atoms with E-state index in [1.165, 1.54) is 0 Å². The Morgan fingerprint density at radius 2 is 1.75 bits per heavy atom. The van der Waals surface area contributed by atoms with Gasteiger partial charge in [0.1, 0.15) is 0 Å². The number of piperidine rings is 1. The van der Waals surface area contributed by atoms with E-state index in [-0.39, 0.29) is 11.8 Å². The summed E-state index contributed by atoms with van der Waals surface area (Å²) in [5, 5.41) is 7.60. The third-order valence-corrected chi connectivity index (χ3v) is 6.00. The molecule has 2 fully saturated rings. The molecule has 1 amide bonds. The van der Waals surface area contributed by atoms with Crippen molar-refractivity contribution in [1.82, 2.24) is 14.7 Å². The number of benzene rings is 1. The van der Waals surface area contributed by atoms with Crippen molar-refractivity contribution in [1.29, 1.82) is 0 Å². The number of carbonyl (C=O) groups is 1. The Balaban J connectivity index is 1.31. The van der Waals surface area contributed by atoms with Crippen LogP contribution in [0, 0.1) is 19.8 Å². The molecule has 4 rings (SSSR count). The molecule has 1 aromatic heterocycles. The van der Waals surface area contributed by atoms with Gasteiger partial charge in [0.05, 0.1) is 11.4 Å². The van der Waals surface area contributed by atoms with Gasteiger partial charge in [-0.2, -0.15) is 5.10 Å². The van der Waals surface area contributed by atoms with Crippen molar-refractivity contribution in [2.75, 3.05) is 31.6 Å². The number of rotatable bonds is 4. The van der Waals surface area contributed by atoms with E-state index in [0.29, 0.717) is 6.04 Å². The number of hydrogen-bond donors (Lipinski definition) is 1. The Kier molecular flexibility index (Phi) is 5.78. The highest BCUT2D eigenvalue weighted by Gasteiger charge is 2.29. The molecule has 0 saturated carbocycles. The minimum Gasteiger partial charge on any atom is -0.381 e. The standard InChI is InChI=1S/C22H30N4O2/c1-16-15-17(2)26(24-16)21-5-3-19(4-6-21)23-22(27)18-7-11-25(12-8-18)20-9-13-28-14-10-20/h3-6,15,18,20H,7-14H2,1-2H3,(H,23,27). The number of nitrogens with one attached hydrogen (secondary N) is 1. The van der Waals surface area contributed by atoms with Crippen LogP contribution in [0.4, 0.5) is 5.69 Å². The largest absolute Gasteiger partial charge is 0.381 e. The van der Waals surface area contributed by atoms with Crippen LogP contribution in [0.15, 0.2) is 30.3 Å². The Hall–Kier alpha value is -2.18. The maximum absolute atomic E-state index is 12.7. The number of ether oxygens (including phenoxy) is 1. The number of likely N-dealkylation sites (tertiary alicyclic amines) is 1. The molecule has 1 aromatic carbocycles. The van der Waals surface area contributed by atoms with Crippen LogP contribution in [0.5, 0.6) is 0 Å². The monoisotopic (exact) mass is 382 g/mol. The first-order chi connectivity index (χ1) is 13.6. The second kappa shape index (κ2) is 8.45. The van der Waals surface area contributed by atoms with Crippen LogP contribution < -0.4 is 5.32 Å². The average molecular weight is 383 g/mol. The van der Waals surface area contributed by atoms with Gasteiger partial charge in [-0.1, -0.05) is 0 Å². The zero-order valence-corrected chi connectivity index (χ0v) is 16.9. The highest BCUT2D eigenvalue weighted by atomic mass is 16.5. The molecule has 1 N–H and O–H groups in total. The molecule has 0 bridgehead atoms. The highest BCUT2D eigenvalue weighted by molar-refractivity contribution is 5.92. The fraction of sp³-hybridized carbons (Fsp3) is 0.545. The lowest BCUT2D eigenvalue weighted by atomic mass is 9.93. The number of carbonyl (C=O) groups excluding carboxylic acids is 1. The van der Waals surface area contributed by atoms with E-state index < -0.39 is 0 Å². The van der Waals surface area contributed by atoms with Gasteiger partial charge in [0.2, 0.25) is 5.91 Å². The first-order valence-corrected chi connectivity index (χ1v) is 10.4. The minimum atomic E-state index is 0.103. The minimum absolute atomic E-state index is 0.103. The molecule has 6 nitrogen and oxygen atoms in total. The van der Waals surface area contributed by atoms with E-state index in [1.807, 2.05) is 42.8 Å². The van der Waals surface area contributed by atoms with E-state index in [9.17, 15) is 4.79 Å². The lowest BCUT2D eigenvalue weighted by Crippen LogP contribution is -2.45. The highest BCUT2D eigenvalue weighted by Crippen LogP contribution is 2.24. The van der Waals surface area contributed by atoms with Crippen molar-refractivity contribution >= 4 is 11.6 Å². The van der Waals surface area contributed by atoms with Gasteiger partial charge in [-0.3, -0.25) is 4.79 Å². The zero-order chi connectivity index (χ0) is 19.5. The average Bonchev–Trinajstić information content (AvgIpc) is 3.07. The molecule has 0 spiro atoms. The summed E-state index contributed by atoms with van der Waals surface area (Å²) in [7, 11) is 0. The van der Waals surface area contributed by atoms with Crippen molar-refractivity contribution in [3.63, 3.8) is 0 Å². The molecule has 2 aromatic rings. The van der Waals surface area contributed by atoms with Gasteiger partial charge in [-0.05, 0) is 83.0 Å². The van der Waals surface area contributed by atoms with Crippen LogP contribution in [0.1, 0.15) is 37.1 Å². The smallest absolute Gasteiger partial charge is 0.227 e. The molecule has 2 saturated heterocycles. The van der Waals surface area contributed by atoms with E-state index >= 15 is 0 Å². The maximum atomic E-state index is 12.7. The molecular formula is C22H30N4O2. The third-order valence-electron chi connectivity index (χ3n) is 6.00. The number of hydrogen-bond acceptors (Lipinski definition) is 4. The van der Waals surface area contributed by atoms with Crippen molar-refractivity contribution in [2.24, 2.45) is 5.92 Å². The molecule has 28 heavy (non-hydrogen) atoms. The summed E-state index contributed by atoms with van der Waals surface area (Å²) in [6, 6.07) is 10.6. The van der Waals surface area contributed by atoms with Gasteiger partial charge in [0, 0.05) is 36.6 Å². The lowest BCUT2D eigenvalue weighted by molar-refractivity contribution is -0.121. The van der Waals surface area contributed by atoms with Crippen molar-refractivity contribution < 1.29 is 9.53 Å². The van der Waals surface area contributed by atoms with Crippen LogP contribution >= 0.6 is 0 Å². The Morgan fingerprint density at radius 3 is 2.36 bits per heavy atom. The topological polar surface area (TPSA) is 59.4 Å². The molecular weight excluding hydrogens is 352 g/mol. The predicted molar refractivity (Wildman–Crippen MR) is 110 cm³/mol. The number of aryl methyl sites for hydroxylation is 2. The van der Waals surface area contributed by atoms with Crippen molar-refractivity contribution in [2.45, 2.75) is 45.6 Å². The van der Waals surface area contributed by atoms with Crippen LogP contribution in [0.25, 0.3) is 5.69 Å². The molecule has 0 aliphatic carbocycles. The van der Waals surface area contributed by atoms with Gasteiger partial charge in [0.15, 0.2) is 0 Å². The molecule has 0 unspecified atom stereocenters. The van der Waals surface area contributed by atoms with Crippen LogP contribution in [-0.2, 0) is 9.53 Å². The first kappa shape index (κ1) is 19.2. The zero-order valence-electron chi connectivity index (χ0n) is 16.9. The Morgan fingerprint density at radius 1 is 1.07 bits per heavy atom. The Labute approximate surface area is 166 Å². The van der Waals surface area contributed by atoms with E-state index in [0.717, 1.165) is 74.7 Å². The van der Waals surface area contributed by atoms with Gasteiger partial charge >= 0.3 is 0 Å². The Bertz CT molecular complexity index is 800. The van der Waals surface area contributed by atoms with Gasteiger partial charge < -0.3 is 15.0 Å². The molecule has 150 valence electrons. The lowest BCUT2D eigenvalue weighted by Gasteiger charge is -2.38. The quantitative estimate of drug-likeness (QED) is 0.881. The van der Waals surface area contributed by atoms with Crippen molar-refractivity contribution in [3.05, 3.63) is 41.7 Å². The number of aromatic nitrogens is 2. The summed E-state index contributed by atoms with van der Waals surface area (Å²) in [5.41, 5.74) is 3.96. The van der Waals surface area contributed by atoms with Gasteiger partial charge in [-0.15, -0.1) is 0 Å². The second-order valence-electron chi connectivity index (χ2n) is 8.03. The summed E-state index contributed by atoms with van der Waals surface area (Å²) in [4.78, 5) is 15.2. The molecule has 0 atom stereocenters. The van der Waals surface area contributed by atoms with E-state index in [2.05, 4.69) is 21.4 Å².